The lowest BCUT2D eigenvalue weighted by Crippen LogP contribution is -2.28. The molecule has 1 aromatic rings. The number of likely N-dealkylation sites (N-methyl/N-ethyl adjacent to an activating group) is 1. The Morgan fingerprint density at radius 1 is 1.44 bits per heavy atom. The summed E-state index contributed by atoms with van der Waals surface area (Å²) in [4.78, 5) is 23.2. The van der Waals surface area contributed by atoms with Crippen molar-refractivity contribution in [2.24, 2.45) is 0 Å². The number of rotatable bonds is 6. The van der Waals surface area contributed by atoms with Gasteiger partial charge < -0.3 is 4.74 Å². The van der Waals surface area contributed by atoms with Gasteiger partial charge in [-0.15, -0.1) is 0 Å². The maximum Gasteiger partial charge on any atom is 0.319 e. The highest BCUT2D eigenvalue weighted by Crippen LogP contribution is 2.18. The number of nitrogens with zero attached hydrogens (tertiary/aromatic N) is 2. The van der Waals surface area contributed by atoms with Crippen molar-refractivity contribution in [1.82, 2.24) is 4.90 Å². The molecule has 0 aliphatic heterocycles. The molecule has 0 heterocycles. The summed E-state index contributed by atoms with van der Waals surface area (Å²) in [6.07, 6.45) is 0.518. The maximum atomic E-state index is 11.0. The molecule has 0 saturated heterocycles. The molecule has 18 heavy (non-hydrogen) atoms. The molecule has 0 aliphatic rings. The number of carbonyl (C=O) groups excluding carboxylic acids is 1. The van der Waals surface area contributed by atoms with Crippen molar-refractivity contribution in [1.29, 1.82) is 0 Å². The van der Waals surface area contributed by atoms with Gasteiger partial charge >= 0.3 is 5.97 Å². The molecule has 0 unspecified atom stereocenters. The van der Waals surface area contributed by atoms with E-state index in [-0.39, 0.29) is 18.2 Å². The summed E-state index contributed by atoms with van der Waals surface area (Å²) < 4.78 is 4.55. The van der Waals surface area contributed by atoms with Crippen LogP contribution < -0.4 is 0 Å². The van der Waals surface area contributed by atoms with E-state index in [0.29, 0.717) is 18.5 Å². The summed E-state index contributed by atoms with van der Waals surface area (Å²) in [5, 5.41) is 10.8. The number of nitro groups is 1. The van der Waals surface area contributed by atoms with Crippen LogP contribution in [-0.4, -0.2) is 43.0 Å². The summed E-state index contributed by atoms with van der Waals surface area (Å²) in [7, 11) is 3.10. The van der Waals surface area contributed by atoms with Crippen LogP contribution in [0.1, 0.15) is 5.56 Å². The fraction of sp³-hybridized carbons (Fsp3) is 0.417. The van der Waals surface area contributed by atoms with Gasteiger partial charge in [-0.1, -0.05) is 18.2 Å². The molecule has 1 rings (SSSR count). The minimum absolute atomic E-state index is 0.115. The Kier molecular flexibility index (Phi) is 5.26. The zero-order valence-electron chi connectivity index (χ0n) is 10.5. The number of ether oxygens (including phenoxy) is 1. The molecule has 0 saturated carbocycles. The SMILES string of the molecule is COC(=O)CN(C)CCc1ccccc1[N+](=O)[O-]. The van der Waals surface area contributed by atoms with E-state index >= 15 is 0 Å². The minimum atomic E-state index is -0.393. The average molecular weight is 252 g/mol. The standard InChI is InChI=1S/C12H16N2O4/c1-13(9-12(15)18-2)8-7-10-5-3-4-6-11(10)14(16)17/h3-6H,7-9H2,1-2H3. The van der Waals surface area contributed by atoms with Gasteiger partial charge in [-0.05, 0) is 13.5 Å². The van der Waals surface area contributed by atoms with Gasteiger partial charge in [0, 0.05) is 18.2 Å². The molecule has 0 fully saturated rings. The predicted molar refractivity (Wildman–Crippen MR) is 66.3 cm³/mol. The topological polar surface area (TPSA) is 72.7 Å². The van der Waals surface area contributed by atoms with E-state index in [1.807, 2.05) is 0 Å². The number of methoxy groups -OCH3 is 1. The molecule has 0 atom stereocenters. The van der Waals surface area contributed by atoms with Gasteiger partial charge in [0.2, 0.25) is 0 Å². The second kappa shape index (κ2) is 6.70. The van der Waals surface area contributed by atoms with Gasteiger partial charge in [-0.2, -0.15) is 0 Å². The highest BCUT2D eigenvalue weighted by molar-refractivity contribution is 5.71. The van der Waals surface area contributed by atoms with Crippen molar-refractivity contribution in [2.45, 2.75) is 6.42 Å². The largest absolute Gasteiger partial charge is 0.468 e. The zero-order chi connectivity index (χ0) is 13.5. The van der Waals surface area contributed by atoms with Gasteiger partial charge in [-0.3, -0.25) is 19.8 Å². The normalized spacial score (nSPS) is 10.4. The number of esters is 1. The summed E-state index contributed by atoms with van der Waals surface area (Å²) in [5.41, 5.74) is 0.781. The lowest BCUT2D eigenvalue weighted by atomic mass is 10.1. The Morgan fingerprint density at radius 3 is 2.72 bits per heavy atom. The van der Waals surface area contributed by atoms with Crippen molar-refractivity contribution in [3.05, 3.63) is 39.9 Å². The van der Waals surface area contributed by atoms with Crippen molar-refractivity contribution in [3.63, 3.8) is 0 Å². The van der Waals surface area contributed by atoms with Crippen molar-refractivity contribution < 1.29 is 14.5 Å². The van der Waals surface area contributed by atoms with E-state index in [9.17, 15) is 14.9 Å². The molecular formula is C12H16N2O4. The number of hydrogen-bond acceptors (Lipinski definition) is 5. The lowest BCUT2D eigenvalue weighted by molar-refractivity contribution is -0.385. The van der Waals surface area contributed by atoms with Gasteiger partial charge in [-0.25, -0.2) is 0 Å². The van der Waals surface area contributed by atoms with Crippen molar-refractivity contribution in [2.75, 3.05) is 27.2 Å². The summed E-state index contributed by atoms with van der Waals surface area (Å²) in [6, 6.07) is 6.61. The fourth-order valence-corrected chi connectivity index (χ4v) is 1.58. The lowest BCUT2D eigenvalue weighted by Gasteiger charge is -2.14. The van der Waals surface area contributed by atoms with Crippen LogP contribution in [0.3, 0.4) is 0 Å². The second-order valence-electron chi connectivity index (χ2n) is 3.95. The Hall–Kier alpha value is -1.95. The van der Waals surface area contributed by atoms with Gasteiger partial charge in [0.05, 0.1) is 18.6 Å². The monoisotopic (exact) mass is 252 g/mol. The minimum Gasteiger partial charge on any atom is -0.468 e. The van der Waals surface area contributed by atoms with Crippen LogP contribution in [-0.2, 0) is 16.0 Å². The second-order valence-corrected chi connectivity index (χ2v) is 3.95. The third-order valence-corrected chi connectivity index (χ3v) is 2.58. The molecule has 0 aliphatic carbocycles. The molecule has 1 aromatic carbocycles. The Balaban J connectivity index is 2.58. The molecule has 0 N–H and O–H groups in total. The van der Waals surface area contributed by atoms with Gasteiger partial charge in [0.1, 0.15) is 0 Å². The van der Waals surface area contributed by atoms with Crippen LogP contribution >= 0.6 is 0 Å². The van der Waals surface area contributed by atoms with Crippen LogP contribution in [0.2, 0.25) is 0 Å². The van der Waals surface area contributed by atoms with Crippen LogP contribution in [0.25, 0.3) is 0 Å². The van der Waals surface area contributed by atoms with E-state index < -0.39 is 4.92 Å². The summed E-state index contributed by atoms with van der Waals surface area (Å²) in [5.74, 6) is -0.319. The van der Waals surface area contributed by atoms with E-state index in [4.69, 9.17) is 0 Å². The van der Waals surface area contributed by atoms with Crippen LogP contribution in [0, 0.1) is 10.1 Å². The van der Waals surface area contributed by atoms with Crippen molar-refractivity contribution >= 4 is 11.7 Å². The number of hydrogen-bond donors (Lipinski definition) is 0. The van der Waals surface area contributed by atoms with Gasteiger partial charge in [0.25, 0.3) is 5.69 Å². The zero-order valence-corrected chi connectivity index (χ0v) is 10.5. The first kappa shape index (κ1) is 14.1. The summed E-state index contributed by atoms with van der Waals surface area (Å²) >= 11 is 0. The summed E-state index contributed by atoms with van der Waals surface area (Å²) in [6.45, 7) is 0.733. The number of nitro benzene ring substituents is 1. The highest BCUT2D eigenvalue weighted by Gasteiger charge is 2.13. The van der Waals surface area contributed by atoms with Gasteiger partial charge in [0.15, 0.2) is 0 Å². The van der Waals surface area contributed by atoms with Crippen molar-refractivity contribution in [3.8, 4) is 0 Å². The molecule has 0 radical (unpaired) electrons. The predicted octanol–water partition coefficient (Wildman–Crippen LogP) is 1.24. The molecule has 6 heteroatoms. The number of benzene rings is 1. The van der Waals surface area contributed by atoms with Crippen LogP contribution in [0.4, 0.5) is 5.69 Å². The van der Waals surface area contributed by atoms with E-state index in [2.05, 4.69) is 4.74 Å². The molecule has 0 bridgehead atoms. The molecule has 6 nitrogen and oxygen atoms in total. The van der Waals surface area contributed by atoms with E-state index in [1.54, 1.807) is 30.1 Å². The molecule has 0 aromatic heterocycles. The molecule has 0 amide bonds. The molecule has 0 spiro atoms. The Morgan fingerprint density at radius 2 is 2.11 bits per heavy atom. The first-order valence-corrected chi connectivity index (χ1v) is 5.52. The fourth-order valence-electron chi connectivity index (χ4n) is 1.58. The quantitative estimate of drug-likeness (QED) is 0.432. The third-order valence-electron chi connectivity index (χ3n) is 2.58. The molecular weight excluding hydrogens is 236 g/mol. The smallest absolute Gasteiger partial charge is 0.319 e. The first-order chi connectivity index (χ1) is 8.54. The van der Waals surface area contributed by atoms with Crippen LogP contribution in [0.15, 0.2) is 24.3 Å². The average Bonchev–Trinajstić information content (AvgIpc) is 2.36. The third kappa shape index (κ3) is 4.14. The number of para-hydroxylation sites is 1. The Bertz CT molecular complexity index is 434. The van der Waals surface area contributed by atoms with Crippen LogP contribution in [0.5, 0.6) is 0 Å². The molecule has 98 valence electrons. The Labute approximate surface area is 105 Å². The first-order valence-electron chi connectivity index (χ1n) is 5.52. The van der Waals surface area contributed by atoms with E-state index in [0.717, 1.165) is 0 Å². The highest BCUT2D eigenvalue weighted by atomic mass is 16.6. The number of carbonyl (C=O) groups is 1. The van der Waals surface area contributed by atoms with E-state index in [1.165, 1.54) is 13.2 Å². The maximum absolute atomic E-state index is 11.0.